The quantitative estimate of drug-likeness (QED) is 0.168. The number of aliphatic hydroxyl groups is 3. The molecule has 2 fully saturated rings. The van der Waals surface area contributed by atoms with E-state index >= 15 is 0 Å². The van der Waals surface area contributed by atoms with Gasteiger partial charge >= 0.3 is 0 Å². The van der Waals surface area contributed by atoms with Crippen LogP contribution in [0.2, 0.25) is 0 Å². The molecule has 0 spiro atoms. The van der Waals surface area contributed by atoms with Crippen molar-refractivity contribution in [2.45, 2.75) is 56.6 Å². The number of anilines is 1. The molecule has 5 N–H and O–H groups in total. The number of nitrogens with zero attached hydrogens (tertiary/aromatic N) is 5. The van der Waals surface area contributed by atoms with Crippen LogP contribution in [0.5, 0.6) is 5.75 Å². The third kappa shape index (κ3) is 6.69. The maximum atomic E-state index is 11.4. The first-order valence-electron chi connectivity index (χ1n) is 16.1. The number of rotatable bonds is 12. The van der Waals surface area contributed by atoms with Gasteiger partial charge in [-0.05, 0) is 56.3 Å². The number of aryl methyl sites for hydroxylation is 1. The van der Waals surface area contributed by atoms with E-state index in [1.165, 1.54) is 13.3 Å². The van der Waals surface area contributed by atoms with Crippen molar-refractivity contribution in [2.75, 3.05) is 51.8 Å². The molecule has 0 amide bonds. The zero-order valence-electron chi connectivity index (χ0n) is 26.6. The highest BCUT2D eigenvalue weighted by molar-refractivity contribution is 5.93. The van der Waals surface area contributed by atoms with Gasteiger partial charge in [0.2, 0.25) is 0 Å². The van der Waals surface area contributed by atoms with Crippen LogP contribution in [0.4, 0.5) is 5.82 Å². The molecule has 1 unspecified atom stereocenters. The molecule has 2 aromatic carbocycles. The van der Waals surface area contributed by atoms with Crippen LogP contribution in [0.25, 0.3) is 22.2 Å². The summed E-state index contributed by atoms with van der Waals surface area (Å²) < 4.78 is 19.5. The standard InChI is InChI=1S/C35H42N6O6/c1-35(44)31(43)29(21-42)47-34(35)41-27(26(20-36)30-32(37)38-22-39-33(30)41)12-10-23-9-11-25(24-7-3-2-4-8-24)28(19-23)46-16-6-5-13-40-14-17-45-18-15-40/h2-4,7-9,11,19,22,29,31,34,42-44H,5-6,10,12-18,21H2,1H3,(H2,37,38,39)/t29-,31-,34?,35-/m1/s1. The summed E-state index contributed by atoms with van der Waals surface area (Å²) in [7, 11) is 0. The lowest BCUT2D eigenvalue weighted by atomic mass is 9.96. The molecule has 47 heavy (non-hydrogen) atoms. The normalized spacial score (nSPS) is 23.3. The fourth-order valence-corrected chi connectivity index (χ4v) is 6.59. The van der Waals surface area contributed by atoms with Crippen LogP contribution in [0, 0.1) is 11.3 Å². The van der Waals surface area contributed by atoms with Gasteiger partial charge in [0.05, 0.1) is 37.4 Å². The molecule has 2 aromatic heterocycles. The second-order valence-corrected chi connectivity index (χ2v) is 12.3. The van der Waals surface area contributed by atoms with E-state index in [2.05, 4.69) is 45.2 Å². The summed E-state index contributed by atoms with van der Waals surface area (Å²) in [6.07, 6.45) is 0.588. The van der Waals surface area contributed by atoms with E-state index in [0.29, 0.717) is 36.2 Å². The van der Waals surface area contributed by atoms with Gasteiger partial charge in [0.1, 0.15) is 47.4 Å². The molecule has 0 bridgehead atoms. The molecular formula is C35H42N6O6. The monoisotopic (exact) mass is 642 g/mol. The Morgan fingerprint density at radius 2 is 1.89 bits per heavy atom. The molecule has 248 valence electrons. The zero-order chi connectivity index (χ0) is 33.0. The Morgan fingerprint density at radius 3 is 2.62 bits per heavy atom. The van der Waals surface area contributed by atoms with E-state index in [4.69, 9.17) is 19.9 Å². The summed E-state index contributed by atoms with van der Waals surface area (Å²) in [6, 6.07) is 18.5. The highest BCUT2D eigenvalue weighted by Gasteiger charge is 2.54. The first-order valence-corrected chi connectivity index (χ1v) is 16.1. The van der Waals surface area contributed by atoms with Gasteiger partial charge in [-0.3, -0.25) is 9.47 Å². The first kappa shape index (κ1) is 32.8. The zero-order valence-corrected chi connectivity index (χ0v) is 26.6. The number of aromatic nitrogens is 3. The van der Waals surface area contributed by atoms with Crippen molar-refractivity contribution in [3.8, 4) is 22.9 Å². The Bertz CT molecular complexity index is 1720. The smallest absolute Gasteiger partial charge is 0.167 e. The van der Waals surface area contributed by atoms with Crippen molar-refractivity contribution >= 4 is 16.9 Å². The molecule has 4 aromatic rings. The maximum Gasteiger partial charge on any atom is 0.167 e. The summed E-state index contributed by atoms with van der Waals surface area (Å²) in [4.78, 5) is 10.9. The number of ether oxygens (including phenoxy) is 3. The van der Waals surface area contributed by atoms with Crippen molar-refractivity contribution in [1.82, 2.24) is 19.4 Å². The second kappa shape index (κ2) is 14.4. The molecule has 0 aliphatic carbocycles. The van der Waals surface area contributed by atoms with Crippen LogP contribution >= 0.6 is 0 Å². The number of hydrogen-bond donors (Lipinski definition) is 4. The van der Waals surface area contributed by atoms with Gasteiger partial charge in [0, 0.05) is 24.3 Å². The summed E-state index contributed by atoms with van der Waals surface area (Å²) in [5, 5.41) is 42.6. The predicted octanol–water partition coefficient (Wildman–Crippen LogP) is 2.83. The maximum absolute atomic E-state index is 11.4. The number of nitrogens with two attached hydrogens (primary N) is 1. The van der Waals surface area contributed by atoms with Crippen LogP contribution in [-0.2, 0) is 22.3 Å². The van der Waals surface area contributed by atoms with Crippen molar-refractivity contribution < 1.29 is 29.5 Å². The lowest BCUT2D eigenvalue weighted by Gasteiger charge is -2.29. The van der Waals surface area contributed by atoms with Crippen molar-refractivity contribution in [3.05, 3.63) is 71.7 Å². The minimum absolute atomic E-state index is 0.125. The van der Waals surface area contributed by atoms with Crippen molar-refractivity contribution in [3.63, 3.8) is 0 Å². The Kier molecular flexibility index (Phi) is 10.0. The summed E-state index contributed by atoms with van der Waals surface area (Å²) in [6.45, 7) is 6.08. The summed E-state index contributed by atoms with van der Waals surface area (Å²) in [5.41, 5.74) is 8.60. The molecule has 12 nitrogen and oxygen atoms in total. The molecule has 2 aliphatic rings. The van der Waals surface area contributed by atoms with E-state index in [9.17, 15) is 20.6 Å². The third-order valence-corrected chi connectivity index (χ3v) is 9.21. The highest BCUT2D eigenvalue weighted by Crippen LogP contribution is 2.43. The Labute approximate surface area is 273 Å². The van der Waals surface area contributed by atoms with E-state index in [1.807, 2.05) is 24.3 Å². The van der Waals surface area contributed by atoms with Gasteiger partial charge in [-0.2, -0.15) is 5.26 Å². The fourth-order valence-electron chi connectivity index (χ4n) is 6.59. The second-order valence-electron chi connectivity index (χ2n) is 12.3. The van der Waals surface area contributed by atoms with Crippen LogP contribution < -0.4 is 10.5 Å². The Balaban J connectivity index is 1.28. The van der Waals surface area contributed by atoms with Gasteiger partial charge < -0.3 is 35.3 Å². The molecule has 2 aliphatic heterocycles. The van der Waals surface area contributed by atoms with Gasteiger partial charge in [-0.15, -0.1) is 0 Å². The molecule has 0 saturated carbocycles. The molecular weight excluding hydrogens is 600 g/mol. The number of nitrogen functional groups attached to an aromatic ring is 1. The summed E-state index contributed by atoms with van der Waals surface area (Å²) in [5.74, 6) is 0.909. The number of hydrogen-bond acceptors (Lipinski definition) is 11. The lowest BCUT2D eigenvalue weighted by Crippen LogP contribution is -2.44. The first-order chi connectivity index (χ1) is 22.8. The number of benzene rings is 2. The van der Waals surface area contributed by atoms with Gasteiger partial charge in [0.15, 0.2) is 6.23 Å². The summed E-state index contributed by atoms with van der Waals surface area (Å²) >= 11 is 0. The highest BCUT2D eigenvalue weighted by atomic mass is 16.6. The third-order valence-electron chi connectivity index (χ3n) is 9.21. The van der Waals surface area contributed by atoms with Gasteiger partial charge in [0.25, 0.3) is 0 Å². The van der Waals surface area contributed by atoms with Crippen LogP contribution in [0.1, 0.15) is 42.8 Å². The Hall–Kier alpha value is -4.09. The van der Waals surface area contributed by atoms with Crippen LogP contribution in [-0.4, -0.2) is 98.6 Å². The van der Waals surface area contributed by atoms with Crippen LogP contribution in [0.3, 0.4) is 0 Å². The molecule has 0 radical (unpaired) electrons. The van der Waals surface area contributed by atoms with Gasteiger partial charge in [-0.1, -0.05) is 42.5 Å². The average Bonchev–Trinajstić information content (AvgIpc) is 3.53. The fraction of sp³-hybridized carbons (Fsp3) is 0.457. The Morgan fingerprint density at radius 1 is 1.11 bits per heavy atom. The number of morpholine rings is 1. The topological polar surface area (TPSA) is 172 Å². The molecule has 2 saturated heterocycles. The van der Waals surface area contributed by atoms with Gasteiger partial charge in [-0.25, -0.2) is 9.97 Å². The van der Waals surface area contributed by atoms with E-state index in [1.54, 1.807) is 4.57 Å². The number of aliphatic hydroxyl groups excluding tert-OH is 2. The molecule has 4 heterocycles. The number of fused-ring (bicyclic) bond motifs is 1. The van der Waals surface area contributed by atoms with E-state index in [0.717, 1.165) is 68.1 Å². The average molecular weight is 643 g/mol. The SMILES string of the molecule is C[C@]1(O)C(n2c(CCc3ccc(-c4ccccc4)c(OCCCCN4CCOCC4)c3)c(C#N)c3c(N)ncnc32)O[C@H](CO)[C@H]1O. The number of nitriles is 1. The largest absolute Gasteiger partial charge is 0.493 e. The molecule has 12 heteroatoms. The minimum atomic E-state index is -1.79. The van der Waals surface area contributed by atoms with E-state index < -0.39 is 30.6 Å². The molecule has 4 atom stereocenters. The predicted molar refractivity (Wildman–Crippen MR) is 176 cm³/mol. The van der Waals surface area contributed by atoms with Crippen molar-refractivity contribution in [2.24, 2.45) is 0 Å². The van der Waals surface area contributed by atoms with E-state index in [-0.39, 0.29) is 11.4 Å². The minimum Gasteiger partial charge on any atom is -0.493 e. The number of unbranched alkanes of at least 4 members (excludes halogenated alkanes) is 1. The lowest BCUT2D eigenvalue weighted by molar-refractivity contribution is -0.0958. The van der Waals surface area contributed by atoms with Crippen molar-refractivity contribution in [1.29, 1.82) is 5.26 Å². The van der Waals surface area contributed by atoms with Crippen LogP contribution in [0.15, 0.2) is 54.9 Å². The molecule has 6 rings (SSSR count).